The van der Waals surface area contributed by atoms with Gasteiger partial charge in [0.15, 0.2) is 11.5 Å². The zero-order chi connectivity index (χ0) is 17.5. The largest absolute Gasteiger partial charge is 0.493 e. The van der Waals surface area contributed by atoms with Crippen LogP contribution in [0, 0.1) is 0 Å². The fourth-order valence-electron chi connectivity index (χ4n) is 2.32. The molecule has 0 saturated heterocycles. The van der Waals surface area contributed by atoms with Gasteiger partial charge in [0, 0.05) is 12.2 Å². The summed E-state index contributed by atoms with van der Waals surface area (Å²) < 4.78 is 15.9. The lowest BCUT2D eigenvalue weighted by atomic mass is 10.1. The number of nitrogens with one attached hydrogen (secondary N) is 1. The van der Waals surface area contributed by atoms with Crippen LogP contribution in [0.2, 0.25) is 0 Å². The number of methoxy groups -OCH3 is 3. The van der Waals surface area contributed by atoms with E-state index in [9.17, 15) is 4.79 Å². The fourth-order valence-corrected chi connectivity index (χ4v) is 2.32. The molecule has 2 aromatic rings. The third kappa shape index (κ3) is 5.46. The van der Waals surface area contributed by atoms with E-state index in [4.69, 9.17) is 19.9 Å². The van der Waals surface area contributed by atoms with Crippen LogP contribution < -0.4 is 25.3 Å². The molecule has 0 aromatic heterocycles. The predicted molar refractivity (Wildman–Crippen MR) is 99.8 cm³/mol. The molecule has 0 heterocycles. The summed E-state index contributed by atoms with van der Waals surface area (Å²) in [6.07, 6.45) is 0.296. The van der Waals surface area contributed by atoms with Gasteiger partial charge in [-0.15, -0.1) is 12.4 Å². The van der Waals surface area contributed by atoms with Crippen molar-refractivity contribution in [1.29, 1.82) is 0 Å². The van der Waals surface area contributed by atoms with Crippen molar-refractivity contribution in [3.05, 3.63) is 47.5 Å². The first-order valence-electron chi connectivity index (χ1n) is 7.47. The summed E-state index contributed by atoms with van der Waals surface area (Å²) in [4.78, 5) is 12.1. The Hall–Kier alpha value is -2.60. The second kappa shape index (κ2) is 9.64. The first-order chi connectivity index (χ1) is 11.6. The third-order valence-corrected chi connectivity index (χ3v) is 3.56. The van der Waals surface area contributed by atoms with Gasteiger partial charge in [-0.1, -0.05) is 12.1 Å². The highest BCUT2D eigenvalue weighted by atomic mass is 35.5. The number of ether oxygens (including phenoxy) is 3. The van der Waals surface area contributed by atoms with E-state index >= 15 is 0 Å². The second-order valence-electron chi connectivity index (χ2n) is 5.23. The normalized spacial score (nSPS) is 9.72. The fraction of sp³-hybridized carbons (Fsp3) is 0.278. The number of halogens is 1. The van der Waals surface area contributed by atoms with E-state index in [2.05, 4.69) is 5.32 Å². The van der Waals surface area contributed by atoms with Crippen molar-refractivity contribution in [3.63, 3.8) is 0 Å². The van der Waals surface area contributed by atoms with Crippen LogP contribution in [0.25, 0.3) is 0 Å². The minimum atomic E-state index is -0.0754. The summed E-state index contributed by atoms with van der Waals surface area (Å²) in [7, 11) is 4.66. The molecular formula is C18H23ClN2O4. The lowest BCUT2D eigenvalue weighted by Gasteiger charge is -2.14. The Morgan fingerprint density at radius 1 is 0.960 bits per heavy atom. The van der Waals surface area contributed by atoms with Crippen molar-refractivity contribution in [2.24, 2.45) is 0 Å². The summed E-state index contributed by atoms with van der Waals surface area (Å²) in [5.74, 6) is 1.56. The molecule has 7 heteroatoms. The summed E-state index contributed by atoms with van der Waals surface area (Å²) in [5.41, 5.74) is 8.08. The highest BCUT2D eigenvalue weighted by molar-refractivity contribution is 5.85. The van der Waals surface area contributed by atoms with E-state index in [0.29, 0.717) is 35.9 Å². The number of amides is 1. The van der Waals surface area contributed by atoms with E-state index in [-0.39, 0.29) is 18.3 Å². The van der Waals surface area contributed by atoms with Gasteiger partial charge in [0.1, 0.15) is 0 Å². The maximum Gasteiger partial charge on any atom is 0.224 e. The second-order valence-corrected chi connectivity index (χ2v) is 5.23. The van der Waals surface area contributed by atoms with Crippen molar-refractivity contribution in [2.45, 2.75) is 13.0 Å². The molecule has 0 aliphatic carbocycles. The van der Waals surface area contributed by atoms with Crippen LogP contribution in [0.4, 0.5) is 5.69 Å². The minimum absolute atomic E-state index is 0. The Morgan fingerprint density at radius 3 is 2.00 bits per heavy atom. The van der Waals surface area contributed by atoms with Crippen LogP contribution in [-0.4, -0.2) is 27.2 Å². The molecule has 0 atom stereocenters. The number of rotatable bonds is 7. The van der Waals surface area contributed by atoms with Crippen molar-refractivity contribution < 1.29 is 19.0 Å². The maximum atomic E-state index is 12.1. The van der Waals surface area contributed by atoms with Gasteiger partial charge in [-0.2, -0.15) is 0 Å². The number of carbonyl (C=O) groups excluding carboxylic acids is 1. The summed E-state index contributed by atoms with van der Waals surface area (Å²) in [5, 5.41) is 2.88. The maximum absolute atomic E-state index is 12.1. The number of carbonyl (C=O) groups is 1. The monoisotopic (exact) mass is 366 g/mol. The Bertz CT molecular complexity index is 680. The molecule has 2 rings (SSSR count). The number of nitrogens with two attached hydrogens (primary N) is 1. The van der Waals surface area contributed by atoms with Crippen LogP contribution in [0.5, 0.6) is 17.2 Å². The SMILES string of the molecule is COc1cc(CNC(=O)Cc2ccc(N)cc2)cc(OC)c1OC.Cl. The van der Waals surface area contributed by atoms with E-state index in [1.165, 1.54) is 0 Å². The molecule has 0 unspecified atom stereocenters. The standard InChI is InChI=1S/C18H22N2O4.ClH/c1-22-15-8-13(9-16(23-2)18(15)24-3)11-20-17(21)10-12-4-6-14(19)7-5-12;/h4-9H,10-11,19H2,1-3H3,(H,20,21);1H. The number of hydrogen-bond donors (Lipinski definition) is 2. The molecule has 0 bridgehead atoms. The molecule has 0 radical (unpaired) electrons. The molecule has 0 fully saturated rings. The van der Waals surface area contributed by atoms with Crippen molar-refractivity contribution in [1.82, 2.24) is 5.32 Å². The Balaban J connectivity index is 0.00000312. The van der Waals surface area contributed by atoms with Crippen molar-refractivity contribution in [2.75, 3.05) is 27.1 Å². The van der Waals surface area contributed by atoms with Gasteiger partial charge < -0.3 is 25.3 Å². The zero-order valence-corrected chi connectivity index (χ0v) is 15.3. The van der Waals surface area contributed by atoms with Gasteiger partial charge in [0.25, 0.3) is 0 Å². The molecule has 0 aliphatic rings. The van der Waals surface area contributed by atoms with Gasteiger partial charge in [0.2, 0.25) is 11.7 Å². The Labute approximate surface area is 153 Å². The van der Waals surface area contributed by atoms with Crippen LogP contribution in [0.1, 0.15) is 11.1 Å². The zero-order valence-electron chi connectivity index (χ0n) is 14.5. The van der Waals surface area contributed by atoms with Crippen molar-refractivity contribution in [3.8, 4) is 17.2 Å². The van der Waals surface area contributed by atoms with Crippen LogP contribution in [0.3, 0.4) is 0 Å². The van der Waals surface area contributed by atoms with Crippen LogP contribution in [-0.2, 0) is 17.8 Å². The quantitative estimate of drug-likeness (QED) is 0.736. The first kappa shape index (κ1) is 20.4. The molecule has 0 aliphatic heterocycles. The number of benzene rings is 2. The van der Waals surface area contributed by atoms with Crippen molar-refractivity contribution >= 4 is 24.0 Å². The number of nitrogen functional groups attached to an aromatic ring is 1. The Morgan fingerprint density at radius 2 is 1.52 bits per heavy atom. The smallest absolute Gasteiger partial charge is 0.224 e. The first-order valence-corrected chi connectivity index (χ1v) is 7.47. The lowest BCUT2D eigenvalue weighted by Crippen LogP contribution is -2.24. The minimum Gasteiger partial charge on any atom is -0.493 e. The molecule has 25 heavy (non-hydrogen) atoms. The summed E-state index contributed by atoms with van der Waals surface area (Å²) >= 11 is 0. The Kier molecular flexibility index (Phi) is 7.88. The number of hydrogen-bond acceptors (Lipinski definition) is 5. The van der Waals surface area contributed by atoms with Gasteiger partial charge in [0.05, 0.1) is 27.8 Å². The summed E-state index contributed by atoms with van der Waals surface area (Å²) in [6, 6.07) is 10.9. The molecule has 2 aromatic carbocycles. The van der Waals surface area contributed by atoms with E-state index in [0.717, 1.165) is 11.1 Å². The predicted octanol–water partition coefficient (Wildman–Crippen LogP) is 2.58. The third-order valence-electron chi connectivity index (χ3n) is 3.56. The van der Waals surface area contributed by atoms with Gasteiger partial charge in [-0.05, 0) is 35.4 Å². The molecule has 6 nitrogen and oxygen atoms in total. The van der Waals surface area contributed by atoms with Gasteiger partial charge in [-0.25, -0.2) is 0 Å². The average Bonchev–Trinajstić information content (AvgIpc) is 2.60. The summed E-state index contributed by atoms with van der Waals surface area (Å²) in [6.45, 7) is 0.366. The molecular weight excluding hydrogens is 344 g/mol. The highest BCUT2D eigenvalue weighted by Crippen LogP contribution is 2.38. The van der Waals surface area contributed by atoms with Crippen LogP contribution >= 0.6 is 12.4 Å². The average molecular weight is 367 g/mol. The lowest BCUT2D eigenvalue weighted by molar-refractivity contribution is -0.120. The van der Waals surface area contributed by atoms with Gasteiger partial charge >= 0.3 is 0 Å². The number of anilines is 1. The van der Waals surface area contributed by atoms with E-state index in [1.807, 2.05) is 24.3 Å². The topological polar surface area (TPSA) is 82.8 Å². The molecule has 0 spiro atoms. The molecule has 0 saturated carbocycles. The van der Waals surface area contributed by atoms with Crippen LogP contribution in [0.15, 0.2) is 36.4 Å². The highest BCUT2D eigenvalue weighted by Gasteiger charge is 2.13. The van der Waals surface area contributed by atoms with E-state index < -0.39 is 0 Å². The molecule has 3 N–H and O–H groups in total. The van der Waals surface area contributed by atoms with Gasteiger partial charge in [-0.3, -0.25) is 4.79 Å². The molecule has 1 amide bonds. The molecule has 136 valence electrons. The van der Waals surface area contributed by atoms with E-state index in [1.54, 1.807) is 33.5 Å².